The summed E-state index contributed by atoms with van der Waals surface area (Å²) in [5.74, 6) is 0.744. The lowest BCUT2D eigenvalue weighted by atomic mass is 10.1. The van der Waals surface area contributed by atoms with Crippen LogP contribution in [0.3, 0.4) is 0 Å². The normalized spacial score (nSPS) is 10.5. The third-order valence-corrected chi connectivity index (χ3v) is 2.70. The Hall–Kier alpha value is -2.49. The van der Waals surface area contributed by atoms with Crippen LogP contribution >= 0.6 is 0 Å². The number of rotatable bonds is 2. The van der Waals surface area contributed by atoms with Crippen molar-refractivity contribution in [2.24, 2.45) is 0 Å². The topological polar surface area (TPSA) is 51.8 Å². The minimum atomic E-state index is 0.742. The van der Waals surface area contributed by atoms with Crippen molar-refractivity contribution < 1.29 is 4.52 Å². The Morgan fingerprint density at radius 2 is 1.67 bits per heavy atom. The molecule has 0 aliphatic rings. The number of benzene rings is 1. The molecule has 3 aromatic rings. The van der Waals surface area contributed by atoms with Gasteiger partial charge in [0.25, 0.3) is 0 Å². The van der Waals surface area contributed by atoms with Crippen molar-refractivity contribution in [3.63, 3.8) is 0 Å². The number of hydrogen-bond donors (Lipinski definition) is 0. The van der Waals surface area contributed by atoms with Crippen molar-refractivity contribution in [3.8, 4) is 22.6 Å². The van der Waals surface area contributed by atoms with Crippen molar-refractivity contribution in [3.05, 3.63) is 54.6 Å². The van der Waals surface area contributed by atoms with Gasteiger partial charge in [-0.2, -0.15) is 0 Å². The van der Waals surface area contributed by atoms with Crippen LogP contribution in [0, 0.1) is 6.92 Å². The van der Waals surface area contributed by atoms with E-state index in [9.17, 15) is 0 Å². The third-order valence-electron chi connectivity index (χ3n) is 2.70. The summed E-state index contributed by atoms with van der Waals surface area (Å²) in [5, 5.41) is 4.03. The molecular formula is C14H11N3O. The first-order chi connectivity index (χ1) is 8.83. The van der Waals surface area contributed by atoms with E-state index in [2.05, 4.69) is 22.0 Å². The monoisotopic (exact) mass is 237 g/mol. The number of nitrogens with zero attached hydrogens (tertiary/aromatic N) is 3. The number of aryl methyl sites for hydroxylation is 1. The van der Waals surface area contributed by atoms with Gasteiger partial charge in [-0.05, 0) is 6.92 Å². The highest BCUT2D eigenvalue weighted by Gasteiger charge is 2.08. The number of aromatic nitrogens is 3. The van der Waals surface area contributed by atoms with Gasteiger partial charge in [-0.1, -0.05) is 35.0 Å². The summed E-state index contributed by atoms with van der Waals surface area (Å²) in [6, 6.07) is 10.0. The van der Waals surface area contributed by atoms with E-state index in [-0.39, 0.29) is 0 Å². The first kappa shape index (κ1) is 10.7. The molecule has 0 atom stereocenters. The van der Waals surface area contributed by atoms with E-state index in [1.165, 1.54) is 11.9 Å². The molecule has 18 heavy (non-hydrogen) atoms. The average Bonchev–Trinajstić information content (AvgIpc) is 2.90. The first-order valence-corrected chi connectivity index (χ1v) is 5.62. The lowest BCUT2D eigenvalue weighted by Crippen LogP contribution is -1.80. The van der Waals surface area contributed by atoms with Crippen LogP contribution < -0.4 is 0 Å². The molecule has 3 rings (SSSR count). The summed E-state index contributed by atoms with van der Waals surface area (Å²) in [4.78, 5) is 7.92. The summed E-state index contributed by atoms with van der Waals surface area (Å²) in [5.41, 5.74) is 3.82. The molecule has 0 fully saturated rings. The molecule has 0 unspecified atom stereocenters. The van der Waals surface area contributed by atoms with E-state index in [4.69, 9.17) is 4.52 Å². The summed E-state index contributed by atoms with van der Waals surface area (Å²) in [6.45, 7) is 2.05. The van der Waals surface area contributed by atoms with Gasteiger partial charge >= 0.3 is 0 Å². The van der Waals surface area contributed by atoms with E-state index < -0.39 is 0 Å². The van der Waals surface area contributed by atoms with Crippen LogP contribution in [0.4, 0.5) is 0 Å². The zero-order valence-corrected chi connectivity index (χ0v) is 9.87. The predicted octanol–water partition coefficient (Wildman–Crippen LogP) is 3.11. The fourth-order valence-corrected chi connectivity index (χ4v) is 1.70. The molecule has 88 valence electrons. The predicted molar refractivity (Wildman–Crippen MR) is 67.7 cm³/mol. The highest BCUT2D eigenvalue weighted by molar-refractivity contribution is 5.65. The minimum Gasteiger partial charge on any atom is -0.356 e. The third kappa shape index (κ3) is 2.00. The van der Waals surface area contributed by atoms with Crippen molar-refractivity contribution in [2.75, 3.05) is 0 Å². The molecule has 4 nitrogen and oxygen atoms in total. The molecule has 0 amide bonds. The molecule has 0 aliphatic carbocycles. The maximum Gasteiger partial charge on any atom is 0.167 e. The molecule has 0 aliphatic heterocycles. The lowest BCUT2D eigenvalue weighted by Gasteiger charge is -1.95. The molecule has 1 aromatic carbocycles. The van der Waals surface area contributed by atoms with Crippen molar-refractivity contribution >= 4 is 0 Å². The molecule has 0 bridgehead atoms. The van der Waals surface area contributed by atoms with Gasteiger partial charge in [-0.15, -0.1) is 0 Å². The number of hydrogen-bond acceptors (Lipinski definition) is 4. The summed E-state index contributed by atoms with van der Waals surface area (Å²) in [7, 11) is 0. The van der Waals surface area contributed by atoms with Crippen LogP contribution in [-0.2, 0) is 0 Å². The molecule has 0 saturated carbocycles. The van der Waals surface area contributed by atoms with E-state index in [0.717, 1.165) is 22.6 Å². The van der Waals surface area contributed by atoms with Crippen LogP contribution in [0.1, 0.15) is 5.56 Å². The molecule has 0 radical (unpaired) electrons. The SMILES string of the molecule is Cc1ccc(-c2cc(-c3cncnc3)no2)cc1. The quantitative estimate of drug-likeness (QED) is 0.687. The largest absolute Gasteiger partial charge is 0.356 e. The van der Waals surface area contributed by atoms with E-state index in [0.29, 0.717) is 0 Å². The van der Waals surface area contributed by atoms with Gasteiger partial charge in [-0.25, -0.2) is 9.97 Å². The van der Waals surface area contributed by atoms with Crippen LogP contribution in [0.2, 0.25) is 0 Å². The van der Waals surface area contributed by atoms with Crippen LogP contribution in [-0.4, -0.2) is 15.1 Å². The van der Waals surface area contributed by atoms with Crippen LogP contribution in [0.15, 0.2) is 53.6 Å². The van der Waals surface area contributed by atoms with Gasteiger partial charge < -0.3 is 4.52 Å². The molecule has 0 spiro atoms. The molecule has 2 heterocycles. The summed E-state index contributed by atoms with van der Waals surface area (Å²) < 4.78 is 5.34. The van der Waals surface area contributed by atoms with Gasteiger partial charge in [0.05, 0.1) is 0 Å². The average molecular weight is 237 g/mol. The smallest absolute Gasteiger partial charge is 0.167 e. The van der Waals surface area contributed by atoms with Crippen molar-refractivity contribution in [1.29, 1.82) is 0 Å². The molecule has 2 aromatic heterocycles. The second-order valence-corrected chi connectivity index (χ2v) is 4.07. The van der Waals surface area contributed by atoms with E-state index in [1.54, 1.807) is 12.4 Å². The summed E-state index contributed by atoms with van der Waals surface area (Å²) >= 11 is 0. The van der Waals surface area contributed by atoms with Gasteiger partial charge in [0.2, 0.25) is 0 Å². The Bertz CT molecular complexity index is 644. The van der Waals surface area contributed by atoms with Crippen LogP contribution in [0.5, 0.6) is 0 Å². The van der Waals surface area contributed by atoms with Gasteiger partial charge in [0.15, 0.2) is 5.76 Å². The molecule has 0 saturated heterocycles. The maximum absolute atomic E-state index is 5.34. The highest BCUT2D eigenvalue weighted by Crippen LogP contribution is 2.25. The Morgan fingerprint density at radius 3 is 2.39 bits per heavy atom. The fourth-order valence-electron chi connectivity index (χ4n) is 1.70. The van der Waals surface area contributed by atoms with Gasteiger partial charge in [0, 0.05) is 29.6 Å². The Balaban J connectivity index is 1.97. The second-order valence-electron chi connectivity index (χ2n) is 4.07. The van der Waals surface area contributed by atoms with Crippen molar-refractivity contribution in [1.82, 2.24) is 15.1 Å². The van der Waals surface area contributed by atoms with Gasteiger partial charge in [0.1, 0.15) is 12.0 Å². The second kappa shape index (κ2) is 4.41. The molecular weight excluding hydrogens is 226 g/mol. The Labute approximate surface area is 104 Å². The first-order valence-electron chi connectivity index (χ1n) is 5.62. The minimum absolute atomic E-state index is 0.742. The lowest BCUT2D eigenvalue weighted by molar-refractivity contribution is 0.435. The standard InChI is InChI=1S/C14H11N3O/c1-10-2-4-11(5-3-10)14-6-13(17-18-14)12-7-15-9-16-8-12/h2-9H,1H3. The van der Waals surface area contributed by atoms with E-state index >= 15 is 0 Å². The molecule has 0 N–H and O–H groups in total. The fraction of sp³-hybridized carbons (Fsp3) is 0.0714. The zero-order chi connectivity index (χ0) is 12.4. The zero-order valence-electron chi connectivity index (χ0n) is 9.87. The van der Waals surface area contributed by atoms with Gasteiger partial charge in [-0.3, -0.25) is 0 Å². The Morgan fingerprint density at radius 1 is 0.944 bits per heavy atom. The van der Waals surface area contributed by atoms with E-state index in [1.807, 2.05) is 30.3 Å². The Kier molecular flexibility index (Phi) is 2.61. The maximum atomic E-state index is 5.34. The highest BCUT2D eigenvalue weighted by atomic mass is 16.5. The summed E-state index contributed by atoms with van der Waals surface area (Å²) in [6.07, 6.45) is 4.91. The van der Waals surface area contributed by atoms with Crippen molar-refractivity contribution in [2.45, 2.75) is 6.92 Å². The molecule has 4 heteroatoms. The van der Waals surface area contributed by atoms with Crippen LogP contribution in [0.25, 0.3) is 22.6 Å².